The molecule has 1 atom stereocenters. The Morgan fingerprint density at radius 3 is 2.60 bits per heavy atom. The second-order valence-corrected chi connectivity index (χ2v) is 10.5. The summed E-state index contributed by atoms with van der Waals surface area (Å²) >= 11 is 0. The molecule has 12 nitrogen and oxygen atoms in total. The van der Waals surface area contributed by atoms with E-state index in [0.29, 0.717) is 23.3 Å². The molecule has 0 saturated heterocycles. The van der Waals surface area contributed by atoms with Gasteiger partial charge in [-0.2, -0.15) is 0 Å². The predicted octanol–water partition coefficient (Wildman–Crippen LogP) is 3.38. The predicted molar refractivity (Wildman–Crippen MR) is 156 cm³/mol. The number of likely N-dealkylation sites (N-methyl/N-ethyl adjacent to an activating group) is 1. The normalized spacial score (nSPS) is 12.0. The van der Waals surface area contributed by atoms with Crippen LogP contribution in [0.15, 0.2) is 47.5 Å². The van der Waals surface area contributed by atoms with E-state index in [1.165, 1.54) is 40.6 Å². The van der Waals surface area contributed by atoms with E-state index in [2.05, 4.69) is 15.3 Å². The van der Waals surface area contributed by atoms with E-state index >= 15 is 0 Å². The Kier molecular flexibility index (Phi) is 10.8. The molecule has 13 heteroatoms. The van der Waals surface area contributed by atoms with Gasteiger partial charge in [-0.3, -0.25) is 19.4 Å². The first-order chi connectivity index (χ1) is 19.9. The molecular weight excluding hydrogens is 547 g/mol. The monoisotopic (exact) mass is 584 g/mol. The lowest BCUT2D eigenvalue weighted by Gasteiger charge is -2.19. The highest BCUT2D eigenvalue weighted by molar-refractivity contribution is 5.95. The molecule has 0 aliphatic heterocycles. The summed E-state index contributed by atoms with van der Waals surface area (Å²) in [6.07, 6.45) is 4.00. The van der Waals surface area contributed by atoms with Crippen molar-refractivity contribution in [2.45, 2.75) is 39.3 Å². The Hall–Kier alpha value is -4.68. The molecule has 1 unspecified atom stereocenters. The molecular formula is C29H37FN6O6. The van der Waals surface area contributed by atoms with E-state index in [4.69, 9.17) is 9.47 Å². The summed E-state index contributed by atoms with van der Waals surface area (Å²) < 4.78 is 26.8. The minimum absolute atomic E-state index is 0.0204. The van der Waals surface area contributed by atoms with Crippen LogP contribution < -0.4 is 15.6 Å². The van der Waals surface area contributed by atoms with E-state index in [9.17, 15) is 23.6 Å². The largest absolute Gasteiger partial charge is 0.488 e. The number of halogens is 1. The number of aromatic amines is 1. The number of hydrogen-bond acceptors (Lipinski definition) is 7. The van der Waals surface area contributed by atoms with Gasteiger partial charge in [-0.05, 0) is 43.0 Å². The highest BCUT2D eigenvalue weighted by atomic mass is 19.1. The topological polar surface area (TPSA) is 139 Å². The number of nitrogens with one attached hydrogen (secondary N) is 2. The third-order valence-electron chi connectivity index (χ3n) is 5.99. The number of nitrogens with zero attached hydrogens (tertiary/aromatic N) is 4. The third-order valence-corrected chi connectivity index (χ3v) is 5.99. The molecule has 2 N–H and O–H groups in total. The maximum atomic E-state index is 14.4. The third kappa shape index (κ3) is 8.41. The molecule has 3 heterocycles. The summed E-state index contributed by atoms with van der Waals surface area (Å²) in [6, 6.07) is 4.72. The van der Waals surface area contributed by atoms with E-state index < -0.39 is 29.5 Å². The van der Waals surface area contributed by atoms with Crippen LogP contribution >= 0.6 is 0 Å². The SMILES string of the molecule is CC(C)COc1c(F)cnc2cc(Cn3cccc(NC(=O)C(CC/C=C/C(=O)N(C)C)OC(=O)N(C)C)c3=O)[nH]c12. The van der Waals surface area contributed by atoms with Gasteiger partial charge in [-0.15, -0.1) is 0 Å². The highest BCUT2D eigenvalue weighted by Gasteiger charge is 2.24. The number of rotatable bonds is 12. The number of ether oxygens (including phenoxy) is 2. The molecule has 0 saturated carbocycles. The van der Waals surface area contributed by atoms with Gasteiger partial charge < -0.3 is 34.1 Å². The average molecular weight is 585 g/mol. The number of fused-ring (bicyclic) bond motifs is 1. The second kappa shape index (κ2) is 14.3. The fourth-order valence-electron chi connectivity index (χ4n) is 3.76. The molecule has 0 radical (unpaired) electrons. The molecule has 0 spiro atoms. The standard InChI is InChI=1S/C29H37FN6O6/c1-18(2)17-41-26-20(30)15-31-22-14-19(32-25(22)26)16-36-13-9-10-21(28(36)39)33-27(38)23(42-29(40)35(5)6)11-7-8-12-24(37)34(3)4/h8-10,12-15,18,23,32H,7,11,16-17H2,1-6H3,(H,33,38)/b12-8+. The van der Waals surface area contributed by atoms with Crippen molar-refractivity contribution >= 4 is 34.6 Å². The van der Waals surface area contributed by atoms with Crippen molar-refractivity contribution in [3.05, 3.63) is 64.6 Å². The summed E-state index contributed by atoms with van der Waals surface area (Å²) in [4.78, 5) is 60.1. The Labute approximate surface area is 243 Å². The zero-order chi connectivity index (χ0) is 31.0. The maximum Gasteiger partial charge on any atom is 0.410 e. The fourth-order valence-corrected chi connectivity index (χ4v) is 3.76. The summed E-state index contributed by atoms with van der Waals surface area (Å²) in [6.45, 7) is 4.30. The van der Waals surface area contributed by atoms with E-state index in [1.54, 1.807) is 38.5 Å². The van der Waals surface area contributed by atoms with Crippen molar-refractivity contribution in [3.8, 4) is 5.75 Å². The Balaban J connectivity index is 1.78. The summed E-state index contributed by atoms with van der Waals surface area (Å²) in [5.41, 5.74) is 0.909. The van der Waals surface area contributed by atoms with E-state index in [-0.39, 0.29) is 42.6 Å². The first-order valence-corrected chi connectivity index (χ1v) is 13.4. The van der Waals surface area contributed by atoms with Gasteiger partial charge in [-0.25, -0.2) is 9.18 Å². The molecule has 0 fully saturated rings. The van der Waals surface area contributed by atoms with Crippen molar-refractivity contribution < 1.29 is 28.2 Å². The van der Waals surface area contributed by atoms with Crippen molar-refractivity contribution in [2.75, 3.05) is 40.1 Å². The van der Waals surface area contributed by atoms with Gasteiger partial charge in [-0.1, -0.05) is 19.9 Å². The fraction of sp³-hybridized carbons (Fsp3) is 0.414. The number of hydrogen-bond donors (Lipinski definition) is 2. The van der Waals surface area contributed by atoms with Crippen LogP contribution in [0, 0.1) is 11.7 Å². The van der Waals surface area contributed by atoms with Crippen molar-refractivity contribution in [1.82, 2.24) is 24.3 Å². The summed E-state index contributed by atoms with van der Waals surface area (Å²) in [7, 11) is 6.19. The van der Waals surface area contributed by atoms with E-state index in [0.717, 1.165) is 6.20 Å². The van der Waals surface area contributed by atoms with Crippen LogP contribution in [-0.4, -0.2) is 83.1 Å². The Morgan fingerprint density at radius 2 is 1.93 bits per heavy atom. The molecule has 0 bridgehead atoms. The maximum absolute atomic E-state index is 14.4. The Morgan fingerprint density at radius 1 is 1.19 bits per heavy atom. The second-order valence-electron chi connectivity index (χ2n) is 10.5. The lowest BCUT2D eigenvalue weighted by atomic mass is 10.1. The number of anilines is 1. The van der Waals surface area contributed by atoms with Crippen LogP contribution in [0.5, 0.6) is 5.75 Å². The zero-order valence-electron chi connectivity index (χ0n) is 24.6. The first-order valence-electron chi connectivity index (χ1n) is 13.4. The molecule has 3 aromatic rings. The average Bonchev–Trinajstić information content (AvgIpc) is 3.34. The summed E-state index contributed by atoms with van der Waals surface area (Å²) in [5, 5.41) is 2.56. The van der Waals surface area contributed by atoms with Gasteiger partial charge in [0.1, 0.15) is 11.2 Å². The number of aromatic nitrogens is 3. The molecule has 3 amide bonds. The van der Waals surface area contributed by atoms with Gasteiger partial charge in [0.15, 0.2) is 17.7 Å². The molecule has 0 aliphatic rings. The van der Waals surface area contributed by atoms with Crippen LogP contribution in [0.1, 0.15) is 32.4 Å². The molecule has 3 rings (SSSR count). The smallest absolute Gasteiger partial charge is 0.410 e. The van der Waals surface area contributed by atoms with Gasteiger partial charge in [0.25, 0.3) is 11.5 Å². The highest BCUT2D eigenvalue weighted by Crippen LogP contribution is 2.28. The number of allylic oxidation sites excluding steroid dienone is 1. The van der Waals surface area contributed by atoms with Gasteiger partial charge >= 0.3 is 6.09 Å². The van der Waals surface area contributed by atoms with Crippen LogP contribution in [0.4, 0.5) is 14.9 Å². The van der Waals surface area contributed by atoms with E-state index in [1.807, 2.05) is 13.8 Å². The van der Waals surface area contributed by atoms with Gasteiger partial charge in [0.2, 0.25) is 5.91 Å². The first kappa shape index (κ1) is 31.8. The quantitative estimate of drug-likeness (QED) is 0.311. The summed E-state index contributed by atoms with van der Waals surface area (Å²) in [5.74, 6) is -1.26. The van der Waals surface area contributed by atoms with Crippen molar-refractivity contribution in [1.29, 1.82) is 0 Å². The molecule has 0 aromatic carbocycles. The molecule has 3 aromatic heterocycles. The molecule has 226 valence electrons. The van der Waals surface area contributed by atoms with Crippen molar-refractivity contribution in [3.63, 3.8) is 0 Å². The van der Waals surface area contributed by atoms with Crippen molar-refractivity contribution in [2.24, 2.45) is 5.92 Å². The lowest BCUT2D eigenvalue weighted by molar-refractivity contribution is -0.125. The minimum Gasteiger partial charge on any atom is -0.488 e. The number of carbonyl (C=O) groups excluding carboxylic acids is 3. The molecule has 42 heavy (non-hydrogen) atoms. The van der Waals surface area contributed by atoms with Crippen LogP contribution in [0.25, 0.3) is 11.0 Å². The van der Waals surface area contributed by atoms with Crippen LogP contribution in [0.3, 0.4) is 0 Å². The van der Waals surface area contributed by atoms with Crippen LogP contribution in [0.2, 0.25) is 0 Å². The van der Waals surface area contributed by atoms with Gasteiger partial charge in [0, 0.05) is 40.1 Å². The number of carbonyl (C=O) groups is 3. The van der Waals surface area contributed by atoms with Gasteiger partial charge in [0.05, 0.1) is 24.9 Å². The minimum atomic E-state index is -1.22. The number of H-pyrrole nitrogens is 1. The lowest BCUT2D eigenvalue weighted by Crippen LogP contribution is -2.37. The van der Waals surface area contributed by atoms with Crippen LogP contribution in [-0.2, 0) is 20.9 Å². The zero-order valence-corrected chi connectivity index (χ0v) is 24.6. The number of amides is 3. The molecule has 0 aliphatic carbocycles. The Bertz CT molecular complexity index is 1510. The number of pyridine rings is 2.